The van der Waals surface area contributed by atoms with Crippen LogP contribution in [0.4, 0.5) is 5.69 Å². The van der Waals surface area contributed by atoms with Crippen molar-refractivity contribution in [3.05, 3.63) is 60.2 Å². The van der Waals surface area contributed by atoms with Crippen molar-refractivity contribution in [2.45, 2.75) is 62.2 Å². The van der Waals surface area contributed by atoms with Gasteiger partial charge in [0.2, 0.25) is 17.7 Å². The lowest BCUT2D eigenvalue weighted by atomic mass is 9.66. The molecule has 0 aliphatic carbocycles. The molecule has 3 aliphatic heterocycles. The van der Waals surface area contributed by atoms with Gasteiger partial charge in [-0.2, -0.15) is 0 Å². The van der Waals surface area contributed by atoms with Crippen LogP contribution in [0.15, 0.2) is 54.6 Å². The van der Waals surface area contributed by atoms with Crippen molar-refractivity contribution in [3.8, 4) is 5.75 Å². The minimum Gasteiger partial charge on any atom is -0.494 e. The predicted octanol–water partition coefficient (Wildman–Crippen LogP) is 3.45. The van der Waals surface area contributed by atoms with Gasteiger partial charge in [0, 0.05) is 17.5 Å². The lowest BCUT2D eigenvalue weighted by Gasteiger charge is -2.40. The molecule has 3 aliphatic rings. The molecule has 9 heteroatoms. The average Bonchev–Trinajstić information content (AvgIpc) is 3.54. The molecule has 3 saturated heterocycles. The number of fused-ring (bicyclic) bond motifs is 1. The Bertz CT molecular complexity index is 1200. The largest absolute Gasteiger partial charge is 0.494 e. The number of nitrogens with one attached hydrogen (secondary N) is 2. The summed E-state index contributed by atoms with van der Waals surface area (Å²) in [4.78, 5) is 43.4. The summed E-state index contributed by atoms with van der Waals surface area (Å²) in [6.07, 6.45) is 1.26. The Morgan fingerprint density at radius 1 is 1.13 bits per heavy atom. The van der Waals surface area contributed by atoms with E-state index in [4.69, 9.17) is 4.74 Å². The summed E-state index contributed by atoms with van der Waals surface area (Å²) in [6.45, 7) is 6.58. The highest BCUT2D eigenvalue weighted by molar-refractivity contribution is 8.02. The van der Waals surface area contributed by atoms with Gasteiger partial charge >= 0.3 is 0 Å². The lowest BCUT2D eigenvalue weighted by molar-refractivity contribution is -0.142. The first kappa shape index (κ1) is 27.5. The molecule has 208 valence electrons. The van der Waals surface area contributed by atoms with Crippen molar-refractivity contribution in [1.82, 2.24) is 10.2 Å². The number of anilines is 1. The van der Waals surface area contributed by atoms with Gasteiger partial charge in [0.1, 0.15) is 11.8 Å². The zero-order valence-corrected chi connectivity index (χ0v) is 23.4. The fourth-order valence-corrected chi connectivity index (χ4v) is 9.18. The van der Waals surface area contributed by atoms with Crippen molar-refractivity contribution in [2.75, 3.05) is 18.5 Å². The van der Waals surface area contributed by atoms with Crippen LogP contribution in [-0.4, -0.2) is 63.0 Å². The summed E-state index contributed by atoms with van der Waals surface area (Å²) in [7, 11) is 0. The summed E-state index contributed by atoms with van der Waals surface area (Å²) in [5.74, 6) is -1.05. The molecule has 3 N–H and O–H groups in total. The van der Waals surface area contributed by atoms with Crippen LogP contribution >= 0.6 is 11.8 Å². The third-order valence-corrected chi connectivity index (χ3v) is 10.6. The molecular weight excluding hydrogens is 514 g/mol. The van der Waals surface area contributed by atoms with E-state index in [1.54, 1.807) is 40.9 Å². The Labute approximate surface area is 233 Å². The second kappa shape index (κ2) is 11.2. The molecule has 3 fully saturated rings. The first-order chi connectivity index (χ1) is 18.8. The van der Waals surface area contributed by atoms with Gasteiger partial charge in [-0.05, 0) is 55.5 Å². The highest BCUT2D eigenvalue weighted by Gasteiger charge is 2.76. The Balaban J connectivity index is 1.44. The third kappa shape index (κ3) is 4.69. The van der Waals surface area contributed by atoms with Crippen molar-refractivity contribution < 1.29 is 24.2 Å². The monoisotopic (exact) mass is 551 g/mol. The van der Waals surface area contributed by atoms with E-state index in [-0.39, 0.29) is 35.5 Å². The van der Waals surface area contributed by atoms with Crippen LogP contribution in [0, 0.1) is 17.8 Å². The first-order valence-corrected chi connectivity index (χ1v) is 14.7. The lowest BCUT2D eigenvalue weighted by Crippen LogP contribution is -2.58. The fraction of sp³-hybridized carbons (Fsp3) is 0.500. The number of thioether (sulfide) groups is 1. The predicted molar refractivity (Wildman–Crippen MR) is 151 cm³/mol. The molecule has 7 atom stereocenters. The second-order valence-corrected chi connectivity index (χ2v) is 12.2. The Hall–Kier alpha value is -3.04. The number of hydrogen-bond donors (Lipinski definition) is 3. The van der Waals surface area contributed by atoms with Gasteiger partial charge in [-0.3, -0.25) is 14.4 Å². The molecule has 3 amide bonds. The number of ether oxygens (including phenoxy) is 1. The van der Waals surface area contributed by atoms with Crippen molar-refractivity contribution >= 4 is 35.2 Å². The second-order valence-electron chi connectivity index (χ2n) is 10.7. The number of benzene rings is 2. The van der Waals surface area contributed by atoms with Gasteiger partial charge in [-0.1, -0.05) is 44.2 Å². The average molecular weight is 552 g/mol. The van der Waals surface area contributed by atoms with E-state index in [1.165, 1.54) is 0 Å². The molecule has 8 nitrogen and oxygen atoms in total. The number of aliphatic hydroxyl groups is 1. The normalized spacial score (nSPS) is 29.7. The zero-order valence-electron chi connectivity index (χ0n) is 22.6. The summed E-state index contributed by atoms with van der Waals surface area (Å²) < 4.78 is 4.77. The van der Waals surface area contributed by atoms with Gasteiger partial charge in [0.25, 0.3) is 0 Å². The highest BCUT2D eigenvalue weighted by Crippen LogP contribution is 2.68. The number of carbonyl (C=O) groups excluding carboxylic acids is 3. The van der Waals surface area contributed by atoms with Crippen molar-refractivity contribution in [2.24, 2.45) is 17.8 Å². The summed E-state index contributed by atoms with van der Waals surface area (Å²) in [5, 5.41) is 16.2. The Kier molecular flexibility index (Phi) is 7.91. The van der Waals surface area contributed by atoms with Crippen LogP contribution in [0.25, 0.3) is 0 Å². The molecule has 0 radical (unpaired) electrons. The van der Waals surface area contributed by atoms with Crippen LogP contribution < -0.4 is 15.4 Å². The van der Waals surface area contributed by atoms with E-state index in [0.29, 0.717) is 25.3 Å². The maximum Gasteiger partial charge on any atom is 0.244 e. The Morgan fingerprint density at radius 2 is 1.85 bits per heavy atom. The van der Waals surface area contributed by atoms with Crippen LogP contribution in [0.5, 0.6) is 5.75 Å². The van der Waals surface area contributed by atoms with Gasteiger partial charge in [0.15, 0.2) is 0 Å². The van der Waals surface area contributed by atoms with Crippen molar-refractivity contribution in [3.63, 3.8) is 0 Å². The van der Waals surface area contributed by atoms with Gasteiger partial charge in [-0.25, -0.2) is 0 Å². The number of aliphatic hydroxyl groups excluding tert-OH is 1. The van der Waals surface area contributed by atoms with E-state index < -0.39 is 28.7 Å². The molecule has 2 aromatic carbocycles. The third-order valence-electron chi connectivity index (χ3n) is 8.55. The quantitative estimate of drug-likeness (QED) is 0.418. The van der Waals surface area contributed by atoms with E-state index in [1.807, 2.05) is 44.2 Å². The van der Waals surface area contributed by atoms with E-state index in [2.05, 4.69) is 17.6 Å². The van der Waals surface area contributed by atoms with Crippen LogP contribution in [0.1, 0.15) is 39.2 Å². The summed E-state index contributed by atoms with van der Waals surface area (Å²) in [5.41, 5.74) is 1.61. The summed E-state index contributed by atoms with van der Waals surface area (Å²) in [6, 6.07) is 15.6. The van der Waals surface area contributed by atoms with E-state index >= 15 is 0 Å². The standard InChI is InChI=1S/C30H37N3O5S/c1-4-21(17-34)33-26(28(36)31-16-19-9-7-6-8-10-19)30-18(3)15-23(39-30)24(25(30)29(33)37)27(35)32-20-11-13-22(14-12-20)38-5-2/h6-14,18,21,23-26,34H,4-5,15-17H2,1-3H3,(H,31,36)(H,32,35)/t18?,21-,23+,24-,25-,26?,30?/m0/s1. The summed E-state index contributed by atoms with van der Waals surface area (Å²) >= 11 is 1.63. The number of amides is 3. The fourth-order valence-electron chi connectivity index (χ4n) is 6.77. The topological polar surface area (TPSA) is 108 Å². The minimum absolute atomic E-state index is 0.0579. The highest BCUT2D eigenvalue weighted by atomic mass is 32.2. The van der Waals surface area contributed by atoms with Crippen LogP contribution in [0.3, 0.4) is 0 Å². The number of hydrogen-bond acceptors (Lipinski definition) is 6. The number of carbonyl (C=O) groups is 3. The molecule has 0 saturated carbocycles. The number of rotatable bonds is 10. The first-order valence-electron chi connectivity index (χ1n) is 13.8. The molecule has 2 aromatic rings. The van der Waals surface area contributed by atoms with Gasteiger partial charge < -0.3 is 25.4 Å². The van der Waals surface area contributed by atoms with E-state index in [9.17, 15) is 19.5 Å². The van der Waals surface area contributed by atoms with Gasteiger partial charge in [0.05, 0.1) is 35.8 Å². The molecule has 5 rings (SSSR count). The van der Waals surface area contributed by atoms with Crippen LogP contribution in [0.2, 0.25) is 0 Å². The number of likely N-dealkylation sites (tertiary alicyclic amines) is 1. The maximum absolute atomic E-state index is 14.2. The van der Waals surface area contributed by atoms with Gasteiger partial charge in [-0.15, -0.1) is 11.8 Å². The zero-order chi connectivity index (χ0) is 27.7. The molecule has 1 spiro atoms. The van der Waals surface area contributed by atoms with Crippen molar-refractivity contribution in [1.29, 1.82) is 0 Å². The smallest absolute Gasteiger partial charge is 0.244 e. The SMILES string of the molecule is CCOc1ccc(NC(=O)[C@@H]2[C@H]3C(=O)N([C@@H](CC)CO)C(C(=O)NCc4ccccc4)C34S[C@@H]2CC4C)cc1. The maximum atomic E-state index is 14.2. The molecule has 0 aromatic heterocycles. The molecule has 39 heavy (non-hydrogen) atoms. The van der Waals surface area contributed by atoms with Crippen LogP contribution in [-0.2, 0) is 20.9 Å². The number of nitrogens with zero attached hydrogens (tertiary/aromatic N) is 1. The van der Waals surface area contributed by atoms with E-state index in [0.717, 1.165) is 17.7 Å². The Morgan fingerprint density at radius 3 is 2.49 bits per heavy atom. The molecule has 2 bridgehead atoms. The minimum atomic E-state index is -0.760. The molecule has 3 unspecified atom stereocenters. The molecule has 3 heterocycles. The molecular formula is C30H37N3O5S.